The summed E-state index contributed by atoms with van der Waals surface area (Å²) < 4.78 is 11.3. The second-order valence-corrected chi connectivity index (χ2v) is 9.17. The number of benzene rings is 2. The molecule has 2 heterocycles. The minimum atomic E-state index is -0.467. The molecule has 0 fully saturated rings. The number of aromatic nitrogens is 2. The number of aryl methyl sites for hydroxylation is 2. The van der Waals surface area contributed by atoms with Crippen LogP contribution in [0.25, 0.3) is 11.3 Å². The Hall–Kier alpha value is -3.52. The minimum Gasteiger partial charge on any atom is -0.507 e. The van der Waals surface area contributed by atoms with Gasteiger partial charge in [-0.2, -0.15) is 5.10 Å². The summed E-state index contributed by atoms with van der Waals surface area (Å²) in [5, 5.41) is 28.5. The van der Waals surface area contributed by atoms with Crippen molar-refractivity contribution in [1.29, 1.82) is 0 Å². The molecule has 0 bridgehead atoms. The first-order valence-corrected chi connectivity index (χ1v) is 12.0. The number of hydrogen-bond acceptors (Lipinski definition) is 6. The van der Waals surface area contributed by atoms with Crippen LogP contribution in [0.2, 0.25) is 0 Å². The van der Waals surface area contributed by atoms with Gasteiger partial charge in [0.25, 0.3) is 5.91 Å². The highest BCUT2D eigenvalue weighted by Gasteiger charge is 2.42. The van der Waals surface area contributed by atoms with E-state index in [1.165, 1.54) is 0 Å². The van der Waals surface area contributed by atoms with Crippen molar-refractivity contribution in [3.05, 3.63) is 58.3 Å². The van der Waals surface area contributed by atoms with E-state index in [1.54, 1.807) is 29.2 Å². The molecule has 0 spiro atoms. The standard InChI is InChI=1S/C27H33N3O5/c1-6-34-21-14-18(8-9-19(21)31)26-23-24(22-17(5)12-16(4)13-20(22)32)28-29-25(23)27(33)30(26)10-7-11-35-15(2)3/h8-9,12-15,26,31-32H,6-7,10-11H2,1-5H3,(H,28,29). The second kappa shape index (κ2) is 10.00. The van der Waals surface area contributed by atoms with Crippen molar-refractivity contribution in [3.8, 4) is 28.5 Å². The Bertz CT molecular complexity index is 1210. The average Bonchev–Trinajstić information content (AvgIpc) is 3.31. The first kappa shape index (κ1) is 24.6. The summed E-state index contributed by atoms with van der Waals surface area (Å²) in [4.78, 5) is 15.3. The van der Waals surface area contributed by atoms with Gasteiger partial charge < -0.3 is 24.6 Å². The highest BCUT2D eigenvalue weighted by atomic mass is 16.5. The topological polar surface area (TPSA) is 108 Å². The van der Waals surface area contributed by atoms with Gasteiger partial charge in [-0.3, -0.25) is 9.89 Å². The maximum absolute atomic E-state index is 13.5. The Kier molecular flexibility index (Phi) is 7.03. The van der Waals surface area contributed by atoms with Crippen molar-refractivity contribution in [2.24, 2.45) is 0 Å². The third kappa shape index (κ3) is 4.71. The third-order valence-electron chi connectivity index (χ3n) is 6.15. The molecular weight excluding hydrogens is 446 g/mol. The Morgan fingerprint density at radius 3 is 2.60 bits per heavy atom. The minimum absolute atomic E-state index is 0.0384. The molecule has 1 aliphatic rings. The van der Waals surface area contributed by atoms with Gasteiger partial charge >= 0.3 is 0 Å². The van der Waals surface area contributed by atoms with Gasteiger partial charge in [-0.05, 0) is 75.9 Å². The number of H-pyrrole nitrogens is 1. The van der Waals surface area contributed by atoms with Crippen molar-refractivity contribution in [3.63, 3.8) is 0 Å². The quantitative estimate of drug-likeness (QED) is 0.378. The number of fused-ring (bicyclic) bond motifs is 1. The SMILES string of the molecule is CCOc1cc(C2c3c(-c4c(C)cc(C)cc4O)n[nH]c3C(=O)N2CCCOC(C)C)ccc1O. The molecule has 3 aromatic rings. The van der Waals surface area contributed by atoms with Gasteiger partial charge in [-0.1, -0.05) is 12.1 Å². The molecule has 1 atom stereocenters. The lowest BCUT2D eigenvalue weighted by Gasteiger charge is -2.27. The van der Waals surface area contributed by atoms with E-state index in [1.807, 2.05) is 40.7 Å². The maximum Gasteiger partial charge on any atom is 0.273 e. The van der Waals surface area contributed by atoms with Crippen molar-refractivity contribution in [1.82, 2.24) is 15.1 Å². The van der Waals surface area contributed by atoms with E-state index < -0.39 is 6.04 Å². The van der Waals surface area contributed by atoms with Gasteiger partial charge in [0, 0.05) is 24.3 Å². The predicted molar refractivity (Wildman–Crippen MR) is 133 cm³/mol. The number of hydrogen-bond donors (Lipinski definition) is 3. The third-order valence-corrected chi connectivity index (χ3v) is 6.15. The van der Waals surface area contributed by atoms with Crippen LogP contribution in [-0.4, -0.2) is 57.1 Å². The number of phenols is 2. The zero-order valence-electron chi connectivity index (χ0n) is 20.9. The number of carbonyl (C=O) groups is 1. The lowest BCUT2D eigenvalue weighted by molar-refractivity contribution is 0.0601. The molecule has 8 heteroatoms. The molecule has 4 rings (SSSR count). The summed E-state index contributed by atoms with van der Waals surface area (Å²) in [6, 6.07) is 8.35. The Balaban J connectivity index is 1.82. The smallest absolute Gasteiger partial charge is 0.273 e. The fraction of sp³-hybridized carbons (Fsp3) is 0.407. The molecule has 1 unspecified atom stereocenters. The van der Waals surface area contributed by atoms with Crippen molar-refractivity contribution in [2.75, 3.05) is 19.8 Å². The van der Waals surface area contributed by atoms with Gasteiger partial charge in [0.1, 0.15) is 17.1 Å². The molecule has 0 radical (unpaired) electrons. The van der Waals surface area contributed by atoms with Gasteiger partial charge in [-0.15, -0.1) is 0 Å². The molecule has 8 nitrogen and oxygen atoms in total. The molecule has 1 amide bonds. The molecular formula is C27H33N3O5. The molecule has 2 aromatic carbocycles. The number of rotatable bonds is 9. The normalized spacial score (nSPS) is 15.2. The number of carbonyl (C=O) groups excluding carboxylic acids is 1. The van der Waals surface area contributed by atoms with E-state index in [0.29, 0.717) is 54.4 Å². The lowest BCUT2D eigenvalue weighted by Crippen LogP contribution is -2.31. The Morgan fingerprint density at radius 2 is 1.91 bits per heavy atom. The fourth-order valence-electron chi connectivity index (χ4n) is 4.74. The van der Waals surface area contributed by atoms with E-state index in [9.17, 15) is 15.0 Å². The Labute approximate surface area is 205 Å². The van der Waals surface area contributed by atoms with Gasteiger partial charge in [0.05, 0.1) is 18.8 Å². The number of amides is 1. The summed E-state index contributed by atoms with van der Waals surface area (Å²) in [6.07, 6.45) is 0.778. The van der Waals surface area contributed by atoms with E-state index >= 15 is 0 Å². The fourth-order valence-corrected chi connectivity index (χ4v) is 4.74. The number of aromatic amines is 1. The zero-order valence-corrected chi connectivity index (χ0v) is 20.9. The molecule has 0 saturated heterocycles. The molecule has 1 aromatic heterocycles. The highest BCUT2D eigenvalue weighted by molar-refractivity contribution is 6.00. The van der Waals surface area contributed by atoms with E-state index in [4.69, 9.17) is 9.47 Å². The monoisotopic (exact) mass is 479 g/mol. The van der Waals surface area contributed by atoms with Crippen LogP contribution in [0, 0.1) is 13.8 Å². The highest BCUT2D eigenvalue weighted by Crippen LogP contribution is 2.46. The number of phenolic OH excluding ortho intramolecular Hbond substituents is 2. The molecule has 186 valence electrons. The van der Waals surface area contributed by atoms with Crippen LogP contribution in [0.15, 0.2) is 30.3 Å². The summed E-state index contributed by atoms with van der Waals surface area (Å²) in [5.74, 6) is 0.348. The summed E-state index contributed by atoms with van der Waals surface area (Å²) in [6.45, 7) is 11.1. The van der Waals surface area contributed by atoms with Crippen LogP contribution in [0.5, 0.6) is 17.2 Å². The summed E-state index contributed by atoms with van der Waals surface area (Å²) in [5.41, 5.74) is 4.84. The number of ether oxygens (including phenoxy) is 2. The van der Waals surface area contributed by atoms with Crippen LogP contribution < -0.4 is 4.74 Å². The van der Waals surface area contributed by atoms with Crippen LogP contribution in [0.4, 0.5) is 0 Å². The largest absolute Gasteiger partial charge is 0.507 e. The molecule has 35 heavy (non-hydrogen) atoms. The molecule has 0 saturated carbocycles. The van der Waals surface area contributed by atoms with Crippen LogP contribution in [0.3, 0.4) is 0 Å². The number of nitrogens with one attached hydrogen (secondary N) is 1. The summed E-state index contributed by atoms with van der Waals surface area (Å²) in [7, 11) is 0. The Morgan fingerprint density at radius 1 is 1.14 bits per heavy atom. The zero-order chi connectivity index (χ0) is 25.3. The first-order chi connectivity index (χ1) is 16.7. The van der Waals surface area contributed by atoms with Crippen molar-refractivity contribution in [2.45, 2.75) is 53.2 Å². The number of aromatic hydroxyl groups is 2. The molecule has 1 aliphatic heterocycles. The van der Waals surface area contributed by atoms with Crippen molar-refractivity contribution < 1.29 is 24.5 Å². The van der Waals surface area contributed by atoms with Gasteiger partial charge in [-0.25, -0.2) is 0 Å². The average molecular weight is 480 g/mol. The number of nitrogens with zero attached hydrogens (tertiary/aromatic N) is 2. The van der Waals surface area contributed by atoms with Gasteiger partial charge in [0.2, 0.25) is 0 Å². The van der Waals surface area contributed by atoms with Crippen LogP contribution in [0.1, 0.15) is 66.0 Å². The van der Waals surface area contributed by atoms with Crippen molar-refractivity contribution >= 4 is 5.91 Å². The van der Waals surface area contributed by atoms with E-state index in [-0.39, 0.29) is 23.5 Å². The van der Waals surface area contributed by atoms with Gasteiger partial charge in [0.15, 0.2) is 11.5 Å². The van der Waals surface area contributed by atoms with E-state index in [0.717, 1.165) is 16.7 Å². The maximum atomic E-state index is 13.5. The molecule has 3 N–H and O–H groups in total. The predicted octanol–water partition coefficient (Wildman–Crippen LogP) is 4.86. The van der Waals surface area contributed by atoms with Crippen LogP contribution in [-0.2, 0) is 4.74 Å². The second-order valence-electron chi connectivity index (χ2n) is 9.17. The van der Waals surface area contributed by atoms with Crippen LogP contribution >= 0.6 is 0 Å². The van der Waals surface area contributed by atoms with E-state index in [2.05, 4.69) is 10.2 Å². The summed E-state index contributed by atoms with van der Waals surface area (Å²) >= 11 is 0. The molecule has 0 aliphatic carbocycles. The lowest BCUT2D eigenvalue weighted by atomic mass is 9.93. The first-order valence-electron chi connectivity index (χ1n) is 12.0.